The molecule has 1 heterocycles. The topological polar surface area (TPSA) is 106 Å². The minimum absolute atomic E-state index is 0.0580. The van der Waals surface area contributed by atoms with Crippen LogP contribution < -0.4 is 14.9 Å². The summed E-state index contributed by atoms with van der Waals surface area (Å²) >= 11 is 0. The Morgan fingerprint density at radius 2 is 1.64 bits per heavy atom. The van der Waals surface area contributed by atoms with Crippen LogP contribution in [0.25, 0.3) is 0 Å². The predicted molar refractivity (Wildman–Crippen MR) is 102 cm³/mol. The number of aliphatic hydroxyl groups is 1. The van der Waals surface area contributed by atoms with Gasteiger partial charge in [-0.1, -0.05) is 48.5 Å². The number of sulfonamides is 1. The van der Waals surface area contributed by atoms with Crippen molar-refractivity contribution >= 4 is 10.0 Å². The summed E-state index contributed by atoms with van der Waals surface area (Å²) in [6.07, 6.45) is 0. The molecule has 28 heavy (non-hydrogen) atoms. The summed E-state index contributed by atoms with van der Waals surface area (Å²) in [5.41, 5.74) is 0.352. The molecule has 0 bridgehead atoms. The van der Waals surface area contributed by atoms with Gasteiger partial charge in [-0.15, -0.1) is 0 Å². The maximum absolute atomic E-state index is 12.4. The van der Waals surface area contributed by atoms with E-state index in [1.165, 1.54) is 12.1 Å². The highest BCUT2D eigenvalue weighted by Gasteiger charge is 2.17. The molecule has 146 valence electrons. The van der Waals surface area contributed by atoms with Crippen molar-refractivity contribution in [3.05, 3.63) is 94.0 Å². The number of aliphatic hydroxyl groups excluding tert-OH is 1. The van der Waals surface area contributed by atoms with Crippen LogP contribution in [0.2, 0.25) is 0 Å². The molecular formula is C20H19NO6S. The second kappa shape index (κ2) is 8.83. The van der Waals surface area contributed by atoms with Gasteiger partial charge in [-0.2, -0.15) is 0 Å². The fourth-order valence-electron chi connectivity index (χ4n) is 2.50. The third-order valence-corrected chi connectivity index (χ3v) is 5.30. The number of ether oxygens (including phenoxy) is 1. The molecule has 0 saturated heterocycles. The van der Waals surface area contributed by atoms with Crippen LogP contribution in [0.4, 0.5) is 0 Å². The maximum Gasteiger partial charge on any atom is 0.240 e. The molecule has 0 aliphatic heterocycles. The molecule has 7 nitrogen and oxygen atoms in total. The van der Waals surface area contributed by atoms with Gasteiger partial charge < -0.3 is 14.3 Å². The Hall–Kier alpha value is -2.94. The molecule has 3 rings (SSSR count). The van der Waals surface area contributed by atoms with Gasteiger partial charge in [-0.3, -0.25) is 4.79 Å². The number of nitrogens with one attached hydrogen (secondary N) is 1. The van der Waals surface area contributed by atoms with Crippen molar-refractivity contribution in [2.75, 3.05) is 0 Å². The molecular weight excluding hydrogens is 382 g/mol. The standard InChI is InChI=1S/C20H19NO6S/c22-13-19-20(26-14-15-7-3-1-4-8-15)18(23)11-16(27-19)12-21-28(24,25)17-9-5-2-6-10-17/h1-11,21-22H,12-14H2. The summed E-state index contributed by atoms with van der Waals surface area (Å²) in [5.74, 6) is -0.0843. The molecule has 0 radical (unpaired) electrons. The van der Waals surface area contributed by atoms with Gasteiger partial charge >= 0.3 is 0 Å². The monoisotopic (exact) mass is 401 g/mol. The van der Waals surface area contributed by atoms with Gasteiger partial charge in [0.05, 0.1) is 11.4 Å². The minimum Gasteiger partial charge on any atom is -0.482 e. The molecule has 1 aromatic heterocycles. The highest BCUT2D eigenvalue weighted by molar-refractivity contribution is 7.89. The largest absolute Gasteiger partial charge is 0.482 e. The average molecular weight is 401 g/mol. The summed E-state index contributed by atoms with van der Waals surface area (Å²) in [4.78, 5) is 12.5. The van der Waals surface area contributed by atoms with E-state index in [1.807, 2.05) is 30.3 Å². The lowest BCUT2D eigenvalue weighted by Crippen LogP contribution is -2.24. The quantitative estimate of drug-likeness (QED) is 0.599. The lowest BCUT2D eigenvalue weighted by Gasteiger charge is -2.11. The van der Waals surface area contributed by atoms with Gasteiger partial charge in [0.25, 0.3) is 0 Å². The number of hydrogen-bond acceptors (Lipinski definition) is 6. The Morgan fingerprint density at radius 1 is 1.00 bits per heavy atom. The summed E-state index contributed by atoms with van der Waals surface area (Å²) in [6, 6.07) is 18.2. The lowest BCUT2D eigenvalue weighted by molar-refractivity contribution is 0.213. The van der Waals surface area contributed by atoms with Gasteiger partial charge in [0.15, 0.2) is 5.76 Å². The van der Waals surface area contributed by atoms with Crippen molar-refractivity contribution in [1.29, 1.82) is 0 Å². The number of hydrogen-bond donors (Lipinski definition) is 2. The Balaban J connectivity index is 1.75. The highest BCUT2D eigenvalue weighted by Crippen LogP contribution is 2.18. The molecule has 0 spiro atoms. The fourth-order valence-corrected chi connectivity index (χ4v) is 3.52. The second-order valence-corrected chi connectivity index (χ2v) is 7.67. The van der Waals surface area contributed by atoms with Gasteiger partial charge in [-0.05, 0) is 17.7 Å². The first-order valence-corrected chi connectivity index (χ1v) is 9.96. The van der Waals surface area contributed by atoms with Crippen LogP contribution >= 0.6 is 0 Å². The Labute approximate surface area is 162 Å². The van der Waals surface area contributed by atoms with E-state index < -0.39 is 22.1 Å². The van der Waals surface area contributed by atoms with E-state index in [-0.39, 0.29) is 35.3 Å². The summed E-state index contributed by atoms with van der Waals surface area (Å²) in [6.45, 7) is -0.657. The summed E-state index contributed by atoms with van der Waals surface area (Å²) in [7, 11) is -3.75. The smallest absolute Gasteiger partial charge is 0.240 e. The SMILES string of the molecule is O=c1cc(CNS(=O)(=O)c2ccccc2)oc(CO)c1OCc1ccccc1. The van der Waals surface area contributed by atoms with Crippen LogP contribution in [0, 0.1) is 0 Å². The molecule has 3 aromatic rings. The van der Waals surface area contributed by atoms with Crippen LogP contribution in [-0.2, 0) is 29.8 Å². The van der Waals surface area contributed by atoms with Crippen molar-refractivity contribution in [1.82, 2.24) is 4.72 Å². The Bertz CT molecular complexity index is 1080. The van der Waals surface area contributed by atoms with Gasteiger partial charge in [0.1, 0.15) is 19.0 Å². The van der Waals surface area contributed by atoms with Gasteiger partial charge in [0, 0.05) is 6.07 Å². The van der Waals surface area contributed by atoms with E-state index in [1.54, 1.807) is 18.2 Å². The first-order chi connectivity index (χ1) is 13.5. The van der Waals surface area contributed by atoms with E-state index in [9.17, 15) is 18.3 Å². The van der Waals surface area contributed by atoms with Crippen LogP contribution in [0.3, 0.4) is 0 Å². The molecule has 0 fully saturated rings. The van der Waals surface area contributed by atoms with E-state index in [0.29, 0.717) is 0 Å². The number of benzene rings is 2. The van der Waals surface area contributed by atoms with Crippen LogP contribution in [-0.4, -0.2) is 13.5 Å². The van der Waals surface area contributed by atoms with Crippen molar-refractivity contribution in [2.45, 2.75) is 24.7 Å². The van der Waals surface area contributed by atoms with Crippen molar-refractivity contribution < 1.29 is 22.7 Å². The van der Waals surface area contributed by atoms with E-state index in [0.717, 1.165) is 11.6 Å². The fraction of sp³-hybridized carbons (Fsp3) is 0.150. The van der Waals surface area contributed by atoms with Crippen molar-refractivity contribution in [3.63, 3.8) is 0 Å². The predicted octanol–water partition coefficient (Wildman–Crippen LogP) is 2.19. The summed E-state index contributed by atoms with van der Waals surface area (Å²) < 4.78 is 37.9. The Kier molecular flexibility index (Phi) is 6.25. The van der Waals surface area contributed by atoms with Crippen LogP contribution in [0.15, 0.2) is 80.8 Å². The van der Waals surface area contributed by atoms with E-state index >= 15 is 0 Å². The molecule has 0 amide bonds. The lowest BCUT2D eigenvalue weighted by atomic mass is 10.2. The summed E-state index contributed by atoms with van der Waals surface area (Å²) in [5, 5.41) is 9.52. The zero-order valence-corrected chi connectivity index (χ0v) is 15.7. The third-order valence-electron chi connectivity index (χ3n) is 3.88. The van der Waals surface area contributed by atoms with Gasteiger partial charge in [-0.25, -0.2) is 13.1 Å². The van der Waals surface area contributed by atoms with Crippen molar-refractivity contribution in [2.24, 2.45) is 0 Å². The maximum atomic E-state index is 12.4. The molecule has 8 heteroatoms. The second-order valence-electron chi connectivity index (χ2n) is 5.90. The van der Waals surface area contributed by atoms with Crippen molar-refractivity contribution in [3.8, 4) is 5.75 Å². The first-order valence-electron chi connectivity index (χ1n) is 8.48. The molecule has 0 aliphatic rings. The molecule has 2 N–H and O–H groups in total. The van der Waals surface area contributed by atoms with E-state index in [4.69, 9.17) is 9.15 Å². The number of rotatable bonds is 8. The average Bonchev–Trinajstić information content (AvgIpc) is 2.72. The van der Waals surface area contributed by atoms with E-state index in [2.05, 4.69) is 4.72 Å². The highest BCUT2D eigenvalue weighted by atomic mass is 32.2. The molecule has 0 aliphatic carbocycles. The van der Waals surface area contributed by atoms with Gasteiger partial charge in [0.2, 0.25) is 21.2 Å². The molecule has 0 saturated carbocycles. The molecule has 0 unspecified atom stereocenters. The minimum atomic E-state index is -3.75. The molecule has 0 atom stereocenters. The first kappa shape index (κ1) is 19.8. The van der Waals surface area contributed by atoms with Crippen LogP contribution in [0.1, 0.15) is 17.1 Å². The zero-order chi connectivity index (χ0) is 20.0. The third kappa shape index (κ3) is 4.86. The zero-order valence-electron chi connectivity index (χ0n) is 14.9. The van der Waals surface area contributed by atoms with Crippen LogP contribution in [0.5, 0.6) is 5.75 Å². The Morgan fingerprint density at radius 3 is 2.29 bits per heavy atom. The normalized spacial score (nSPS) is 11.3. The molecule has 2 aromatic carbocycles.